The van der Waals surface area contributed by atoms with Gasteiger partial charge in [0.05, 0.1) is 0 Å². The summed E-state index contributed by atoms with van der Waals surface area (Å²) in [4.78, 5) is 19.6. The SMILES string of the molecule is Cc1[nH]c(=O)c(CCc2nc3ccccc3o2)cc1C1CC1. The Labute approximate surface area is 128 Å². The first kappa shape index (κ1) is 13.3. The zero-order chi connectivity index (χ0) is 15.1. The van der Waals surface area contributed by atoms with Crippen molar-refractivity contribution >= 4 is 11.1 Å². The number of aryl methyl sites for hydroxylation is 3. The molecule has 0 saturated heterocycles. The van der Waals surface area contributed by atoms with Gasteiger partial charge in [0.1, 0.15) is 5.52 Å². The van der Waals surface area contributed by atoms with Gasteiger partial charge in [-0.3, -0.25) is 4.79 Å². The first-order valence-electron chi connectivity index (χ1n) is 7.78. The van der Waals surface area contributed by atoms with Crippen LogP contribution in [0.4, 0.5) is 0 Å². The highest BCUT2D eigenvalue weighted by Gasteiger charge is 2.26. The number of benzene rings is 1. The highest BCUT2D eigenvalue weighted by Crippen LogP contribution is 2.41. The topological polar surface area (TPSA) is 58.9 Å². The molecule has 0 aliphatic heterocycles. The van der Waals surface area contributed by atoms with Crippen LogP contribution in [0.25, 0.3) is 11.1 Å². The lowest BCUT2D eigenvalue weighted by Gasteiger charge is -2.06. The maximum Gasteiger partial charge on any atom is 0.251 e. The molecule has 22 heavy (non-hydrogen) atoms. The Hall–Kier alpha value is -2.36. The molecule has 3 aromatic rings. The number of rotatable bonds is 4. The van der Waals surface area contributed by atoms with E-state index in [9.17, 15) is 4.79 Å². The summed E-state index contributed by atoms with van der Waals surface area (Å²) < 4.78 is 5.72. The van der Waals surface area contributed by atoms with Gasteiger partial charge >= 0.3 is 0 Å². The first-order chi connectivity index (χ1) is 10.7. The summed E-state index contributed by atoms with van der Waals surface area (Å²) in [5, 5.41) is 0. The van der Waals surface area contributed by atoms with E-state index < -0.39 is 0 Å². The fraction of sp³-hybridized carbons (Fsp3) is 0.333. The summed E-state index contributed by atoms with van der Waals surface area (Å²) in [5.41, 5.74) is 4.82. The largest absolute Gasteiger partial charge is 0.441 e. The molecule has 1 aliphatic carbocycles. The molecule has 1 aromatic carbocycles. The van der Waals surface area contributed by atoms with Crippen molar-refractivity contribution in [2.45, 2.75) is 38.5 Å². The predicted molar refractivity (Wildman–Crippen MR) is 85.2 cm³/mol. The molecule has 4 nitrogen and oxygen atoms in total. The minimum absolute atomic E-state index is 0.0120. The predicted octanol–water partition coefficient (Wildman–Crippen LogP) is 3.49. The highest BCUT2D eigenvalue weighted by molar-refractivity contribution is 5.72. The summed E-state index contributed by atoms with van der Waals surface area (Å²) >= 11 is 0. The Morgan fingerprint density at radius 3 is 2.86 bits per heavy atom. The Bertz CT molecular complexity index is 854. The molecule has 0 atom stereocenters. The van der Waals surface area contributed by atoms with Crippen molar-refractivity contribution < 1.29 is 4.42 Å². The Balaban J connectivity index is 1.58. The Morgan fingerprint density at radius 1 is 1.27 bits per heavy atom. The van der Waals surface area contributed by atoms with E-state index in [-0.39, 0.29) is 5.56 Å². The quantitative estimate of drug-likeness (QED) is 0.801. The Kier molecular flexibility index (Phi) is 3.10. The zero-order valence-electron chi connectivity index (χ0n) is 12.6. The second-order valence-electron chi connectivity index (χ2n) is 6.05. The third kappa shape index (κ3) is 2.45. The zero-order valence-corrected chi connectivity index (χ0v) is 12.6. The molecule has 0 amide bonds. The van der Waals surface area contributed by atoms with Gasteiger partial charge in [-0.2, -0.15) is 0 Å². The average molecular weight is 294 g/mol. The van der Waals surface area contributed by atoms with Crippen LogP contribution in [0.1, 0.15) is 41.5 Å². The average Bonchev–Trinajstić information content (AvgIpc) is 3.25. The van der Waals surface area contributed by atoms with Crippen molar-refractivity contribution in [3.8, 4) is 0 Å². The monoisotopic (exact) mass is 294 g/mol. The molecule has 0 radical (unpaired) electrons. The highest BCUT2D eigenvalue weighted by atomic mass is 16.3. The van der Waals surface area contributed by atoms with Crippen molar-refractivity contribution in [1.29, 1.82) is 0 Å². The van der Waals surface area contributed by atoms with E-state index >= 15 is 0 Å². The van der Waals surface area contributed by atoms with Gasteiger partial charge in [0.15, 0.2) is 11.5 Å². The lowest BCUT2D eigenvalue weighted by atomic mass is 10.0. The maximum atomic E-state index is 12.1. The van der Waals surface area contributed by atoms with E-state index in [0.29, 0.717) is 24.7 Å². The molecule has 2 aromatic heterocycles. The number of hydrogen-bond acceptors (Lipinski definition) is 3. The lowest BCUT2D eigenvalue weighted by Crippen LogP contribution is -2.16. The summed E-state index contributed by atoms with van der Waals surface area (Å²) in [6, 6.07) is 9.81. The van der Waals surface area contributed by atoms with Crippen LogP contribution in [0.2, 0.25) is 0 Å². The lowest BCUT2D eigenvalue weighted by molar-refractivity contribution is 0.527. The van der Waals surface area contributed by atoms with Crippen LogP contribution in [0.5, 0.6) is 0 Å². The smallest absolute Gasteiger partial charge is 0.251 e. The van der Waals surface area contributed by atoms with Gasteiger partial charge in [-0.1, -0.05) is 12.1 Å². The molecule has 1 fully saturated rings. The maximum absolute atomic E-state index is 12.1. The van der Waals surface area contributed by atoms with E-state index in [1.807, 2.05) is 31.2 Å². The number of aromatic amines is 1. The second-order valence-corrected chi connectivity index (χ2v) is 6.05. The minimum Gasteiger partial charge on any atom is -0.441 e. The van der Waals surface area contributed by atoms with Gasteiger partial charge in [0, 0.05) is 17.7 Å². The van der Waals surface area contributed by atoms with Crippen LogP contribution in [0.3, 0.4) is 0 Å². The van der Waals surface area contributed by atoms with Gasteiger partial charge < -0.3 is 9.40 Å². The number of nitrogens with one attached hydrogen (secondary N) is 1. The molecule has 4 rings (SSSR count). The van der Waals surface area contributed by atoms with E-state index in [4.69, 9.17) is 4.42 Å². The third-order valence-electron chi connectivity index (χ3n) is 4.32. The fourth-order valence-electron chi connectivity index (χ4n) is 2.96. The number of para-hydroxylation sites is 2. The van der Waals surface area contributed by atoms with E-state index in [1.54, 1.807) is 0 Å². The number of nitrogens with zero attached hydrogens (tertiary/aromatic N) is 1. The minimum atomic E-state index is 0.0120. The number of hydrogen-bond donors (Lipinski definition) is 1. The molecule has 2 heterocycles. The van der Waals surface area contributed by atoms with Crippen molar-refractivity contribution in [3.05, 3.63) is 63.4 Å². The van der Waals surface area contributed by atoms with Crippen molar-refractivity contribution in [3.63, 3.8) is 0 Å². The number of aromatic nitrogens is 2. The molecular formula is C18H18N2O2. The van der Waals surface area contributed by atoms with Crippen molar-refractivity contribution in [1.82, 2.24) is 9.97 Å². The number of fused-ring (bicyclic) bond motifs is 1. The normalized spacial score (nSPS) is 14.6. The van der Waals surface area contributed by atoms with Gasteiger partial charge in [-0.15, -0.1) is 0 Å². The number of H-pyrrole nitrogens is 1. The van der Waals surface area contributed by atoms with E-state index in [0.717, 1.165) is 22.4 Å². The molecule has 0 spiro atoms. The molecule has 1 N–H and O–H groups in total. The summed E-state index contributed by atoms with van der Waals surface area (Å²) in [5.74, 6) is 1.33. The third-order valence-corrected chi connectivity index (χ3v) is 4.32. The van der Waals surface area contributed by atoms with Gasteiger partial charge in [-0.25, -0.2) is 4.98 Å². The van der Waals surface area contributed by atoms with Gasteiger partial charge in [-0.05, 0) is 55.9 Å². The number of oxazole rings is 1. The summed E-state index contributed by atoms with van der Waals surface area (Å²) in [6.45, 7) is 1.99. The van der Waals surface area contributed by atoms with Crippen molar-refractivity contribution in [2.75, 3.05) is 0 Å². The van der Waals surface area contributed by atoms with Gasteiger partial charge in [0.25, 0.3) is 5.56 Å². The summed E-state index contributed by atoms with van der Waals surface area (Å²) in [7, 11) is 0. The van der Waals surface area contributed by atoms with Crippen LogP contribution >= 0.6 is 0 Å². The molecular weight excluding hydrogens is 276 g/mol. The molecule has 0 unspecified atom stereocenters. The van der Waals surface area contributed by atoms with Crippen LogP contribution in [0.15, 0.2) is 39.5 Å². The van der Waals surface area contributed by atoms with Crippen LogP contribution in [-0.2, 0) is 12.8 Å². The number of pyridine rings is 1. The molecule has 1 saturated carbocycles. The molecule has 0 bridgehead atoms. The van der Waals surface area contributed by atoms with Gasteiger partial charge in [0.2, 0.25) is 0 Å². The van der Waals surface area contributed by atoms with Crippen LogP contribution < -0.4 is 5.56 Å². The summed E-state index contributed by atoms with van der Waals surface area (Å²) in [6.07, 6.45) is 3.77. The van der Waals surface area contributed by atoms with E-state index in [2.05, 4.69) is 16.0 Å². The molecule has 1 aliphatic rings. The molecule has 4 heteroatoms. The van der Waals surface area contributed by atoms with Crippen LogP contribution in [-0.4, -0.2) is 9.97 Å². The second kappa shape index (κ2) is 5.13. The van der Waals surface area contributed by atoms with E-state index in [1.165, 1.54) is 18.4 Å². The Morgan fingerprint density at radius 2 is 2.09 bits per heavy atom. The standard InChI is InChI=1S/C18H18N2O2/c1-11-14(12-6-7-12)10-13(18(21)19-11)8-9-17-20-15-4-2-3-5-16(15)22-17/h2-5,10,12H,6-9H2,1H3,(H,19,21). The first-order valence-corrected chi connectivity index (χ1v) is 7.78. The van der Waals surface area contributed by atoms with Crippen molar-refractivity contribution in [2.24, 2.45) is 0 Å². The van der Waals surface area contributed by atoms with Crippen LogP contribution in [0, 0.1) is 6.92 Å². The fourth-order valence-corrected chi connectivity index (χ4v) is 2.96. The molecule has 112 valence electrons.